The van der Waals surface area contributed by atoms with Crippen LogP contribution in [0.5, 0.6) is 0 Å². The molecule has 0 radical (unpaired) electrons. The maximum Gasteiger partial charge on any atom is 0.326 e. The lowest BCUT2D eigenvalue weighted by Gasteiger charge is -2.26. The number of carbonyl (C=O) groups excluding carboxylic acids is 1. The van der Waals surface area contributed by atoms with E-state index >= 15 is 0 Å². The second-order valence-electron chi connectivity index (χ2n) is 6.24. The Hall–Kier alpha value is -0.870. The Bertz CT molecular complexity index is 481. The van der Waals surface area contributed by atoms with Crippen LogP contribution in [0.3, 0.4) is 0 Å². The molecule has 1 saturated carbocycles. The van der Waals surface area contributed by atoms with E-state index in [2.05, 4.69) is 33.4 Å². The molecule has 0 atom stereocenters. The van der Waals surface area contributed by atoms with Gasteiger partial charge in [0.25, 0.3) is 0 Å². The van der Waals surface area contributed by atoms with Gasteiger partial charge >= 0.3 is 5.97 Å². The third-order valence-electron chi connectivity index (χ3n) is 3.96. The lowest BCUT2D eigenvalue weighted by Crippen LogP contribution is -2.49. The van der Waals surface area contributed by atoms with E-state index in [1.165, 1.54) is 18.4 Å². The van der Waals surface area contributed by atoms with Crippen molar-refractivity contribution in [2.45, 2.75) is 57.6 Å². The van der Waals surface area contributed by atoms with Crippen molar-refractivity contribution in [1.82, 2.24) is 5.32 Å². The van der Waals surface area contributed by atoms with E-state index in [0.717, 1.165) is 30.3 Å². The van der Waals surface area contributed by atoms with Crippen LogP contribution in [0.1, 0.15) is 45.1 Å². The van der Waals surface area contributed by atoms with Crippen molar-refractivity contribution in [2.24, 2.45) is 0 Å². The molecule has 1 aromatic rings. The molecule has 3 nitrogen and oxygen atoms in total. The van der Waals surface area contributed by atoms with Crippen molar-refractivity contribution in [3.05, 3.63) is 34.3 Å². The number of ether oxygens (including phenoxy) is 1. The number of carbonyl (C=O) groups is 1. The van der Waals surface area contributed by atoms with Gasteiger partial charge in [-0.25, -0.2) is 0 Å². The molecule has 116 valence electrons. The molecular formula is C17H24BrNO2. The van der Waals surface area contributed by atoms with E-state index < -0.39 is 5.54 Å². The summed E-state index contributed by atoms with van der Waals surface area (Å²) in [5.41, 5.74) is 0.617. The van der Waals surface area contributed by atoms with E-state index in [-0.39, 0.29) is 12.1 Å². The zero-order valence-electron chi connectivity index (χ0n) is 12.8. The Morgan fingerprint density at radius 1 is 1.38 bits per heavy atom. The summed E-state index contributed by atoms with van der Waals surface area (Å²) in [5, 5.41) is 3.31. The molecule has 0 bridgehead atoms. The molecule has 21 heavy (non-hydrogen) atoms. The average Bonchev–Trinajstić information content (AvgIpc) is 2.91. The topological polar surface area (TPSA) is 38.3 Å². The number of rotatable bonds is 6. The van der Waals surface area contributed by atoms with Gasteiger partial charge in [-0.05, 0) is 63.6 Å². The first-order chi connectivity index (χ1) is 9.97. The molecular weight excluding hydrogens is 330 g/mol. The van der Waals surface area contributed by atoms with E-state index in [9.17, 15) is 4.79 Å². The van der Waals surface area contributed by atoms with Crippen LogP contribution >= 0.6 is 15.9 Å². The van der Waals surface area contributed by atoms with Gasteiger partial charge in [0.15, 0.2) is 0 Å². The van der Waals surface area contributed by atoms with Gasteiger partial charge in [0.05, 0.1) is 0 Å². The highest BCUT2D eigenvalue weighted by atomic mass is 79.9. The molecule has 1 N–H and O–H groups in total. The van der Waals surface area contributed by atoms with Gasteiger partial charge in [-0.15, -0.1) is 0 Å². The lowest BCUT2D eigenvalue weighted by molar-refractivity contribution is -0.155. The standard InChI is InChI=1S/C17H24BrNO2/c1-17(2,16(20)21-15-8-3-4-9-15)19-11-10-13-6-5-7-14(18)12-13/h5-7,12,15,19H,3-4,8-11H2,1-2H3. The van der Waals surface area contributed by atoms with Gasteiger partial charge in [0, 0.05) is 11.0 Å². The molecule has 0 saturated heterocycles. The summed E-state index contributed by atoms with van der Waals surface area (Å²) in [4.78, 5) is 12.2. The van der Waals surface area contributed by atoms with Crippen LogP contribution in [0, 0.1) is 0 Å². The molecule has 4 heteroatoms. The number of benzene rings is 1. The molecule has 0 aromatic heterocycles. The zero-order valence-corrected chi connectivity index (χ0v) is 14.4. The average molecular weight is 354 g/mol. The van der Waals surface area contributed by atoms with Crippen molar-refractivity contribution >= 4 is 21.9 Å². The summed E-state index contributed by atoms with van der Waals surface area (Å²) in [7, 11) is 0. The second kappa shape index (κ2) is 7.41. The van der Waals surface area contributed by atoms with E-state index in [0.29, 0.717) is 0 Å². The van der Waals surface area contributed by atoms with E-state index in [1.54, 1.807) is 0 Å². The highest BCUT2D eigenvalue weighted by Gasteiger charge is 2.31. The first-order valence-corrected chi connectivity index (χ1v) is 8.47. The van der Waals surface area contributed by atoms with Crippen molar-refractivity contribution in [1.29, 1.82) is 0 Å². The molecule has 1 fully saturated rings. The smallest absolute Gasteiger partial charge is 0.326 e. The van der Waals surface area contributed by atoms with Crippen molar-refractivity contribution in [3.8, 4) is 0 Å². The number of esters is 1. The second-order valence-corrected chi connectivity index (χ2v) is 7.16. The molecule has 0 spiro atoms. The van der Waals surface area contributed by atoms with Crippen molar-refractivity contribution < 1.29 is 9.53 Å². The molecule has 1 aliphatic carbocycles. The predicted octanol–water partition coefficient (Wildman–Crippen LogP) is 3.85. The van der Waals surface area contributed by atoms with Gasteiger partial charge in [0.1, 0.15) is 11.6 Å². The molecule has 1 aliphatic rings. The number of nitrogens with one attached hydrogen (secondary N) is 1. The van der Waals surface area contributed by atoms with Gasteiger partial charge < -0.3 is 10.1 Å². The molecule has 1 aromatic carbocycles. The SMILES string of the molecule is CC(C)(NCCc1cccc(Br)c1)C(=O)OC1CCCC1. The molecule has 2 rings (SSSR count). The molecule has 0 heterocycles. The van der Waals surface area contributed by atoms with Crippen LogP contribution in [0.15, 0.2) is 28.7 Å². The monoisotopic (exact) mass is 353 g/mol. The summed E-state index contributed by atoms with van der Waals surface area (Å²) < 4.78 is 6.67. The minimum absolute atomic E-state index is 0.128. The fourth-order valence-electron chi connectivity index (χ4n) is 2.59. The molecule has 0 aliphatic heterocycles. The first kappa shape index (κ1) is 16.5. The summed E-state index contributed by atoms with van der Waals surface area (Å²) in [6.07, 6.45) is 5.39. The highest BCUT2D eigenvalue weighted by molar-refractivity contribution is 9.10. The maximum absolute atomic E-state index is 12.2. The fraction of sp³-hybridized carbons (Fsp3) is 0.588. The van der Waals surface area contributed by atoms with Crippen LogP contribution in [-0.4, -0.2) is 24.2 Å². The predicted molar refractivity (Wildman–Crippen MR) is 88.3 cm³/mol. The lowest BCUT2D eigenvalue weighted by atomic mass is 10.0. The van der Waals surface area contributed by atoms with Gasteiger partial charge in [-0.2, -0.15) is 0 Å². The largest absolute Gasteiger partial charge is 0.461 e. The normalized spacial score (nSPS) is 16.1. The van der Waals surface area contributed by atoms with Crippen LogP contribution in [0.25, 0.3) is 0 Å². The summed E-state index contributed by atoms with van der Waals surface area (Å²) in [6, 6.07) is 8.24. The Kier molecular flexibility index (Phi) is 5.82. The van der Waals surface area contributed by atoms with E-state index in [4.69, 9.17) is 4.74 Å². The molecule has 0 amide bonds. The third-order valence-corrected chi connectivity index (χ3v) is 4.45. The van der Waals surface area contributed by atoms with Crippen molar-refractivity contribution in [3.63, 3.8) is 0 Å². The Labute approximate surface area is 135 Å². The van der Waals surface area contributed by atoms with Crippen LogP contribution in [0.4, 0.5) is 0 Å². The number of halogens is 1. The van der Waals surface area contributed by atoms with Gasteiger partial charge in [0.2, 0.25) is 0 Å². The summed E-state index contributed by atoms with van der Waals surface area (Å²) >= 11 is 3.47. The van der Waals surface area contributed by atoms with Crippen LogP contribution in [-0.2, 0) is 16.0 Å². The number of hydrogen-bond acceptors (Lipinski definition) is 3. The third kappa shape index (κ3) is 5.11. The quantitative estimate of drug-likeness (QED) is 0.789. The van der Waals surface area contributed by atoms with Crippen molar-refractivity contribution in [2.75, 3.05) is 6.54 Å². The Morgan fingerprint density at radius 2 is 2.10 bits per heavy atom. The summed E-state index contributed by atoms with van der Waals surface area (Å²) in [5.74, 6) is -0.136. The van der Waals surface area contributed by atoms with E-state index in [1.807, 2.05) is 26.0 Å². The fourth-order valence-corrected chi connectivity index (χ4v) is 3.04. The van der Waals surface area contributed by atoms with Crippen LogP contribution < -0.4 is 5.32 Å². The van der Waals surface area contributed by atoms with Crippen LogP contribution in [0.2, 0.25) is 0 Å². The maximum atomic E-state index is 12.2. The minimum Gasteiger partial charge on any atom is -0.461 e. The zero-order chi connectivity index (χ0) is 15.3. The Morgan fingerprint density at radius 3 is 2.76 bits per heavy atom. The Balaban J connectivity index is 1.78. The number of hydrogen-bond donors (Lipinski definition) is 1. The van der Waals surface area contributed by atoms with Gasteiger partial charge in [-0.1, -0.05) is 28.1 Å². The first-order valence-electron chi connectivity index (χ1n) is 7.68. The highest BCUT2D eigenvalue weighted by Crippen LogP contribution is 2.22. The molecule has 0 unspecified atom stereocenters. The minimum atomic E-state index is -0.630. The summed E-state index contributed by atoms with van der Waals surface area (Å²) in [6.45, 7) is 4.54. The van der Waals surface area contributed by atoms with Gasteiger partial charge in [-0.3, -0.25) is 4.79 Å².